The van der Waals surface area contributed by atoms with Crippen LogP contribution in [-0.4, -0.2) is 23.0 Å². The summed E-state index contributed by atoms with van der Waals surface area (Å²) in [6.45, 7) is 0. The van der Waals surface area contributed by atoms with E-state index >= 15 is 0 Å². The Labute approximate surface area is 131 Å². The fraction of sp³-hybridized carbons (Fsp3) is 0.176. The third kappa shape index (κ3) is 4.60. The van der Waals surface area contributed by atoms with Crippen LogP contribution >= 0.6 is 0 Å². The maximum atomic E-state index is 13.5. The summed E-state index contributed by atoms with van der Waals surface area (Å²) in [6, 6.07) is 10.9. The predicted molar refractivity (Wildman–Crippen MR) is 79.8 cm³/mol. The molecule has 1 atom stereocenters. The number of halogens is 2. The monoisotopic (exact) mass is 319 g/mol. The minimum atomic E-state index is -1.21. The molecule has 0 aliphatic carbocycles. The molecule has 0 spiro atoms. The summed E-state index contributed by atoms with van der Waals surface area (Å²) in [5.41, 5.74) is 0.353. The summed E-state index contributed by atoms with van der Waals surface area (Å²) in [4.78, 5) is 23.2. The topological polar surface area (TPSA) is 66.4 Å². The van der Waals surface area contributed by atoms with Crippen molar-refractivity contribution in [2.75, 3.05) is 0 Å². The quantitative estimate of drug-likeness (QED) is 0.859. The first-order chi connectivity index (χ1) is 11.0. The van der Waals surface area contributed by atoms with Crippen LogP contribution in [0.5, 0.6) is 0 Å². The van der Waals surface area contributed by atoms with E-state index in [0.717, 1.165) is 17.7 Å². The standard InChI is InChI=1S/C17H15F2NO3/c18-13-7-4-8-14(19)12(13)10-16(21)20-15(17(22)23)9-11-5-2-1-3-6-11/h1-8,15H,9-10H2,(H,20,21)(H,22,23)/t15-/m0/s1. The number of carboxylic acids is 1. The fourth-order valence-corrected chi connectivity index (χ4v) is 2.16. The molecular formula is C17H15F2NO3. The van der Waals surface area contributed by atoms with Gasteiger partial charge in [-0.3, -0.25) is 4.79 Å². The van der Waals surface area contributed by atoms with E-state index < -0.39 is 36.0 Å². The van der Waals surface area contributed by atoms with E-state index in [1.54, 1.807) is 30.3 Å². The number of carbonyl (C=O) groups excluding carboxylic acids is 1. The molecule has 0 heterocycles. The maximum Gasteiger partial charge on any atom is 0.326 e. The second-order valence-corrected chi connectivity index (χ2v) is 5.03. The number of nitrogens with one attached hydrogen (secondary N) is 1. The molecule has 2 rings (SSSR count). The molecule has 23 heavy (non-hydrogen) atoms. The van der Waals surface area contributed by atoms with Gasteiger partial charge in [-0.15, -0.1) is 0 Å². The lowest BCUT2D eigenvalue weighted by Crippen LogP contribution is -2.43. The zero-order chi connectivity index (χ0) is 16.8. The van der Waals surface area contributed by atoms with Crippen molar-refractivity contribution in [1.29, 1.82) is 0 Å². The second kappa shape index (κ2) is 7.49. The van der Waals surface area contributed by atoms with Gasteiger partial charge < -0.3 is 10.4 Å². The van der Waals surface area contributed by atoms with Gasteiger partial charge in [0.1, 0.15) is 17.7 Å². The van der Waals surface area contributed by atoms with Crippen molar-refractivity contribution in [2.45, 2.75) is 18.9 Å². The number of carboxylic acid groups (broad SMARTS) is 1. The van der Waals surface area contributed by atoms with E-state index in [1.165, 1.54) is 6.07 Å². The minimum Gasteiger partial charge on any atom is -0.480 e. The van der Waals surface area contributed by atoms with E-state index in [4.69, 9.17) is 0 Å². The Morgan fingerprint density at radius 1 is 1.00 bits per heavy atom. The van der Waals surface area contributed by atoms with Gasteiger partial charge in [-0.2, -0.15) is 0 Å². The van der Waals surface area contributed by atoms with Gasteiger partial charge in [0.05, 0.1) is 6.42 Å². The normalized spacial score (nSPS) is 11.7. The van der Waals surface area contributed by atoms with Crippen LogP contribution < -0.4 is 5.32 Å². The van der Waals surface area contributed by atoms with E-state index in [2.05, 4.69) is 5.32 Å². The molecule has 0 saturated carbocycles. The largest absolute Gasteiger partial charge is 0.480 e. The Morgan fingerprint density at radius 2 is 1.61 bits per heavy atom. The zero-order valence-corrected chi connectivity index (χ0v) is 12.1. The average Bonchev–Trinajstić information content (AvgIpc) is 2.51. The molecule has 0 radical (unpaired) electrons. The van der Waals surface area contributed by atoms with Crippen LogP contribution in [0.15, 0.2) is 48.5 Å². The number of benzene rings is 2. The molecule has 120 valence electrons. The van der Waals surface area contributed by atoms with Crippen molar-refractivity contribution in [2.24, 2.45) is 0 Å². The summed E-state index contributed by atoms with van der Waals surface area (Å²) in [5, 5.41) is 11.5. The van der Waals surface area contributed by atoms with Crippen molar-refractivity contribution >= 4 is 11.9 Å². The highest BCUT2D eigenvalue weighted by atomic mass is 19.1. The first-order valence-electron chi connectivity index (χ1n) is 6.96. The Bertz CT molecular complexity index is 684. The molecule has 2 aromatic carbocycles. The number of hydrogen-bond donors (Lipinski definition) is 2. The molecule has 0 aliphatic rings. The third-order valence-corrected chi connectivity index (χ3v) is 3.31. The van der Waals surface area contributed by atoms with Gasteiger partial charge in [0.15, 0.2) is 0 Å². The lowest BCUT2D eigenvalue weighted by Gasteiger charge is -2.15. The maximum absolute atomic E-state index is 13.5. The van der Waals surface area contributed by atoms with Crippen molar-refractivity contribution in [1.82, 2.24) is 5.32 Å². The molecule has 1 amide bonds. The zero-order valence-electron chi connectivity index (χ0n) is 12.1. The summed E-state index contributed by atoms with van der Waals surface area (Å²) in [6.07, 6.45) is -0.473. The number of carbonyl (C=O) groups is 2. The number of rotatable bonds is 6. The third-order valence-electron chi connectivity index (χ3n) is 3.31. The van der Waals surface area contributed by atoms with Gasteiger partial charge in [0.25, 0.3) is 0 Å². The number of hydrogen-bond acceptors (Lipinski definition) is 2. The summed E-state index contributed by atoms with van der Waals surface area (Å²) in [5.74, 6) is -3.64. The van der Waals surface area contributed by atoms with Crippen LogP contribution in [0.1, 0.15) is 11.1 Å². The minimum absolute atomic E-state index is 0.0850. The van der Waals surface area contributed by atoms with Gasteiger partial charge in [-0.05, 0) is 17.7 Å². The molecular weight excluding hydrogens is 304 g/mol. The molecule has 2 N–H and O–H groups in total. The Balaban J connectivity index is 2.05. The molecule has 0 bridgehead atoms. The van der Waals surface area contributed by atoms with Crippen LogP contribution in [0, 0.1) is 11.6 Å². The first-order valence-corrected chi connectivity index (χ1v) is 6.96. The molecule has 2 aromatic rings. The lowest BCUT2D eigenvalue weighted by molar-refractivity contribution is -0.141. The Hall–Kier alpha value is -2.76. The van der Waals surface area contributed by atoms with Crippen molar-refractivity contribution in [3.05, 3.63) is 71.3 Å². The smallest absolute Gasteiger partial charge is 0.326 e. The predicted octanol–water partition coefficient (Wildman–Crippen LogP) is 2.32. The van der Waals surface area contributed by atoms with E-state index in [1.807, 2.05) is 0 Å². The van der Waals surface area contributed by atoms with Gasteiger partial charge in [0.2, 0.25) is 5.91 Å². The van der Waals surface area contributed by atoms with Crippen LogP contribution in [0.25, 0.3) is 0 Å². The lowest BCUT2D eigenvalue weighted by atomic mass is 10.1. The number of aliphatic carboxylic acids is 1. The molecule has 6 heteroatoms. The van der Waals surface area contributed by atoms with Crippen LogP contribution in [-0.2, 0) is 22.4 Å². The van der Waals surface area contributed by atoms with E-state index in [9.17, 15) is 23.5 Å². The highest BCUT2D eigenvalue weighted by molar-refractivity contribution is 5.85. The highest BCUT2D eigenvalue weighted by Gasteiger charge is 2.22. The van der Waals surface area contributed by atoms with Crippen molar-refractivity contribution in [3.63, 3.8) is 0 Å². The molecule has 0 aliphatic heterocycles. The van der Waals surface area contributed by atoms with Crippen LogP contribution in [0.2, 0.25) is 0 Å². The number of amides is 1. The Kier molecular flexibility index (Phi) is 5.41. The summed E-state index contributed by atoms with van der Waals surface area (Å²) < 4.78 is 27.0. The van der Waals surface area contributed by atoms with E-state index in [-0.39, 0.29) is 12.0 Å². The van der Waals surface area contributed by atoms with Crippen molar-refractivity contribution < 1.29 is 23.5 Å². The molecule has 0 fully saturated rings. The summed E-state index contributed by atoms with van der Waals surface area (Å²) in [7, 11) is 0. The molecule has 0 saturated heterocycles. The van der Waals surface area contributed by atoms with E-state index in [0.29, 0.717) is 0 Å². The SMILES string of the molecule is O=C(Cc1c(F)cccc1F)N[C@@H](Cc1ccccc1)C(=O)O. The first kappa shape index (κ1) is 16.6. The van der Waals surface area contributed by atoms with Crippen molar-refractivity contribution in [3.8, 4) is 0 Å². The van der Waals surface area contributed by atoms with Crippen LogP contribution in [0.3, 0.4) is 0 Å². The molecule has 4 nitrogen and oxygen atoms in total. The molecule has 0 aromatic heterocycles. The highest BCUT2D eigenvalue weighted by Crippen LogP contribution is 2.13. The average molecular weight is 319 g/mol. The van der Waals surface area contributed by atoms with Crippen LogP contribution in [0.4, 0.5) is 8.78 Å². The van der Waals surface area contributed by atoms with Gasteiger partial charge >= 0.3 is 5.97 Å². The Morgan fingerprint density at radius 3 is 2.17 bits per heavy atom. The van der Waals surface area contributed by atoms with Gasteiger partial charge in [0, 0.05) is 12.0 Å². The molecule has 0 unspecified atom stereocenters. The second-order valence-electron chi connectivity index (χ2n) is 5.03. The van der Waals surface area contributed by atoms with Gasteiger partial charge in [-0.25, -0.2) is 13.6 Å². The fourth-order valence-electron chi connectivity index (χ4n) is 2.16. The van der Waals surface area contributed by atoms with Gasteiger partial charge in [-0.1, -0.05) is 36.4 Å². The summed E-state index contributed by atoms with van der Waals surface area (Å²) >= 11 is 0.